The largest absolute Gasteiger partial charge is 0.467 e. The normalized spacial score (nSPS) is 20.9. The van der Waals surface area contributed by atoms with Crippen LogP contribution in [-0.2, 0) is 11.3 Å². The van der Waals surface area contributed by atoms with Crippen LogP contribution in [0.1, 0.15) is 35.4 Å². The van der Waals surface area contributed by atoms with Gasteiger partial charge in [0.1, 0.15) is 11.3 Å². The zero-order chi connectivity index (χ0) is 13.0. The Hall–Kier alpha value is -1.33. The van der Waals surface area contributed by atoms with Gasteiger partial charge in [0, 0.05) is 12.6 Å². The summed E-state index contributed by atoms with van der Waals surface area (Å²) in [7, 11) is 1.38. The van der Waals surface area contributed by atoms with Crippen molar-refractivity contribution in [3.63, 3.8) is 0 Å². The molecule has 5 nitrogen and oxygen atoms in total. The van der Waals surface area contributed by atoms with Crippen molar-refractivity contribution in [3.8, 4) is 0 Å². The number of hydrogen-bond donors (Lipinski definition) is 1. The zero-order valence-corrected chi connectivity index (χ0v) is 10.7. The van der Waals surface area contributed by atoms with Gasteiger partial charge in [-0.05, 0) is 25.5 Å². The summed E-state index contributed by atoms with van der Waals surface area (Å²) in [6.07, 6.45) is 5.04. The first kappa shape index (κ1) is 13.1. The predicted molar refractivity (Wildman–Crippen MR) is 67.2 cm³/mol. The zero-order valence-electron chi connectivity index (χ0n) is 10.7. The number of furan rings is 1. The molecule has 1 aromatic rings. The summed E-state index contributed by atoms with van der Waals surface area (Å²) in [4.78, 5) is 13.8. The summed E-state index contributed by atoms with van der Waals surface area (Å²) in [6.45, 7) is 2.27. The monoisotopic (exact) mass is 252 g/mol. The van der Waals surface area contributed by atoms with Crippen molar-refractivity contribution < 1.29 is 13.9 Å². The van der Waals surface area contributed by atoms with Crippen LogP contribution in [-0.4, -0.2) is 37.1 Å². The Balaban J connectivity index is 2.08. The van der Waals surface area contributed by atoms with Gasteiger partial charge in [-0.3, -0.25) is 4.90 Å². The Labute approximate surface area is 107 Å². The van der Waals surface area contributed by atoms with E-state index in [1.54, 1.807) is 6.07 Å². The lowest BCUT2D eigenvalue weighted by atomic mass is 10.0. The summed E-state index contributed by atoms with van der Waals surface area (Å²) >= 11 is 0. The lowest BCUT2D eigenvalue weighted by molar-refractivity contribution is 0.0593. The Kier molecular flexibility index (Phi) is 4.38. The van der Waals surface area contributed by atoms with Crippen molar-refractivity contribution >= 4 is 5.97 Å². The Morgan fingerprint density at radius 2 is 2.44 bits per heavy atom. The van der Waals surface area contributed by atoms with E-state index in [9.17, 15) is 4.79 Å². The molecule has 0 amide bonds. The number of carbonyl (C=O) groups is 1. The lowest BCUT2D eigenvalue weighted by Gasteiger charge is -2.34. The maximum Gasteiger partial charge on any atom is 0.341 e. The molecule has 1 aromatic heterocycles. The molecule has 0 aliphatic carbocycles. The fourth-order valence-electron chi connectivity index (χ4n) is 2.47. The molecule has 2 heterocycles. The van der Waals surface area contributed by atoms with Crippen molar-refractivity contribution in [2.24, 2.45) is 5.73 Å². The molecule has 0 saturated carbocycles. The maximum absolute atomic E-state index is 11.6. The second-order valence-electron chi connectivity index (χ2n) is 4.60. The third-order valence-corrected chi connectivity index (χ3v) is 3.52. The first-order chi connectivity index (χ1) is 8.76. The van der Waals surface area contributed by atoms with Crippen LogP contribution in [0.15, 0.2) is 16.7 Å². The molecule has 100 valence electrons. The molecule has 1 atom stereocenters. The quantitative estimate of drug-likeness (QED) is 0.820. The molecular formula is C13H20N2O3. The number of piperidine rings is 1. The van der Waals surface area contributed by atoms with Crippen molar-refractivity contribution in [1.29, 1.82) is 0 Å². The summed E-state index contributed by atoms with van der Waals surface area (Å²) in [5.41, 5.74) is 6.30. The van der Waals surface area contributed by atoms with E-state index in [0.717, 1.165) is 13.0 Å². The molecule has 0 bridgehead atoms. The van der Waals surface area contributed by atoms with E-state index < -0.39 is 0 Å². The van der Waals surface area contributed by atoms with Crippen LogP contribution >= 0.6 is 0 Å². The average molecular weight is 252 g/mol. The minimum absolute atomic E-state index is 0.347. The van der Waals surface area contributed by atoms with Crippen molar-refractivity contribution in [1.82, 2.24) is 4.90 Å². The fraction of sp³-hybridized carbons (Fsp3) is 0.615. The number of ether oxygens (including phenoxy) is 1. The number of likely N-dealkylation sites (tertiary alicyclic amines) is 1. The highest BCUT2D eigenvalue weighted by Gasteiger charge is 2.24. The molecule has 0 spiro atoms. The molecule has 18 heavy (non-hydrogen) atoms. The van der Waals surface area contributed by atoms with E-state index in [-0.39, 0.29) is 5.97 Å². The van der Waals surface area contributed by atoms with E-state index in [1.807, 2.05) is 0 Å². The number of nitrogens with zero attached hydrogens (tertiary/aromatic N) is 1. The minimum Gasteiger partial charge on any atom is -0.467 e. The standard InChI is InChI=1S/C13H20N2O3/c1-17-13(16)11-5-7-18-12(11)9-15-6-3-2-4-10(15)8-14/h5,7,10H,2-4,6,8-9,14H2,1H3. The van der Waals surface area contributed by atoms with Gasteiger partial charge in [-0.25, -0.2) is 4.79 Å². The molecular weight excluding hydrogens is 232 g/mol. The van der Waals surface area contributed by atoms with Gasteiger partial charge in [0.05, 0.1) is 19.9 Å². The molecule has 1 unspecified atom stereocenters. The summed E-state index contributed by atoms with van der Waals surface area (Å²) in [5.74, 6) is 0.322. The average Bonchev–Trinajstić information content (AvgIpc) is 2.86. The molecule has 2 rings (SSSR count). The SMILES string of the molecule is COC(=O)c1ccoc1CN1CCCCC1CN. The number of esters is 1. The van der Waals surface area contributed by atoms with Gasteiger partial charge in [-0.2, -0.15) is 0 Å². The number of hydrogen-bond acceptors (Lipinski definition) is 5. The summed E-state index contributed by atoms with van der Waals surface area (Å²) < 4.78 is 10.1. The van der Waals surface area contributed by atoms with E-state index in [1.165, 1.54) is 26.2 Å². The highest BCUT2D eigenvalue weighted by atomic mass is 16.5. The van der Waals surface area contributed by atoms with Gasteiger partial charge in [0.15, 0.2) is 0 Å². The Bertz CT molecular complexity index is 403. The van der Waals surface area contributed by atoms with Crippen LogP contribution in [0, 0.1) is 0 Å². The Morgan fingerprint density at radius 3 is 3.17 bits per heavy atom. The number of methoxy groups -OCH3 is 1. The summed E-state index contributed by atoms with van der Waals surface area (Å²) in [5, 5.41) is 0. The summed E-state index contributed by atoms with van der Waals surface area (Å²) in [6, 6.07) is 2.04. The van der Waals surface area contributed by atoms with Gasteiger partial charge in [0.25, 0.3) is 0 Å². The minimum atomic E-state index is -0.347. The van der Waals surface area contributed by atoms with E-state index in [4.69, 9.17) is 14.9 Å². The maximum atomic E-state index is 11.6. The number of nitrogens with two attached hydrogens (primary N) is 1. The fourth-order valence-corrected chi connectivity index (χ4v) is 2.47. The Morgan fingerprint density at radius 1 is 1.61 bits per heavy atom. The van der Waals surface area contributed by atoms with E-state index in [0.29, 0.717) is 30.5 Å². The molecule has 0 radical (unpaired) electrons. The van der Waals surface area contributed by atoms with Crippen molar-refractivity contribution in [3.05, 3.63) is 23.7 Å². The van der Waals surface area contributed by atoms with Crippen LogP contribution in [0.25, 0.3) is 0 Å². The van der Waals surface area contributed by atoms with Crippen LogP contribution in [0.4, 0.5) is 0 Å². The van der Waals surface area contributed by atoms with Gasteiger partial charge in [-0.15, -0.1) is 0 Å². The second-order valence-corrected chi connectivity index (χ2v) is 4.60. The molecule has 1 saturated heterocycles. The third-order valence-electron chi connectivity index (χ3n) is 3.52. The molecule has 1 aliphatic rings. The molecule has 0 aromatic carbocycles. The van der Waals surface area contributed by atoms with Gasteiger partial charge in [-0.1, -0.05) is 6.42 Å². The third kappa shape index (κ3) is 2.73. The van der Waals surface area contributed by atoms with Crippen LogP contribution in [0.2, 0.25) is 0 Å². The van der Waals surface area contributed by atoms with Gasteiger partial charge >= 0.3 is 5.97 Å². The first-order valence-electron chi connectivity index (χ1n) is 6.35. The highest BCUT2D eigenvalue weighted by Crippen LogP contribution is 2.21. The number of rotatable bonds is 4. The number of carbonyl (C=O) groups excluding carboxylic acids is 1. The van der Waals surface area contributed by atoms with E-state index in [2.05, 4.69) is 4.90 Å². The van der Waals surface area contributed by atoms with Gasteiger partial charge in [0.2, 0.25) is 0 Å². The highest BCUT2D eigenvalue weighted by molar-refractivity contribution is 5.90. The molecule has 5 heteroatoms. The molecule has 1 aliphatic heterocycles. The van der Waals surface area contributed by atoms with Crippen molar-refractivity contribution in [2.45, 2.75) is 31.8 Å². The van der Waals surface area contributed by atoms with Crippen molar-refractivity contribution in [2.75, 3.05) is 20.2 Å². The van der Waals surface area contributed by atoms with Gasteiger partial charge < -0.3 is 14.9 Å². The van der Waals surface area contributed by atoms with E-state index >= 15 is 0 Å². The second kappa shape index (κ2) is 6.02. The topological polar surface area (TPSA) is 68.7 Å². The van der Waals surface area contributed by atoms with Crippen LogP contribution < -0.4 is 5.73 Å². The van der Waals surface area contributed by atoms with Crippen LogP contribution in [0.5, 0.6) is 0 Å². The van der Waals surface area contributed by atoms with Crippen LogP contribution in [0.3, 0.4) is 0 Å². The smallest absolute Gasteiger partial charge is 0.341 e. The molecule has 1 fully saturated rings. The first-order valence-corrected chi connectivity index (χ1v) is 6.35. The molecule has 2 N–H and O–H groups in total. The lowest BCUT2D eigenvalue weighted by Crippen LogP contribution is -2.43. The predicted octanol–water partition coefficient (Wildman–Crippen LogP) is 1.38.